The van der Waals surface area contributed by atoms with Crippen LogP contribution in [-0.4, -0.2) is 36.1 Å². The average Bonchev–Trinajstić information content (AvgIpc) is 2.85. The number of hydrogen-bond acceptors (Lipinski definition) is 5. The minimum atomic E-state index is -0.172. The van der Waals surface area contributed by atoms with Crippen LogP contribution in [0.4, 0.5) is 5.82 Å². The molecule has 1 aromatic heterocycles. The zero-order chi connectivity index (χ0) is 14.9. The molecule has 5 nitrogen and oxygen atoms in total. The van der Waals surface area contributed by atoms with Crippen LogP contribution < -0.4 is 10.6 Å². The molecule has 108 valence electrons. The van der Waals surface area contributed by atoms with E-state index >= 15 is 0 Å². The predicted molar refractivity (Wildman–Crippen MR) is 81.9 cm³/mol. The Balaban J connectivity index is 2.34. The molecule has 1 aliphatic rings. The van der Waals surface area contributed by atoms with Crippen LogP contribution in [0, 0.1) is 19.8 Å². The summed E-state index contributed by atoms with van der Waals surface area (Å²) in [5, 5.41) is 0. The molecule has 0 radical (unpaired) electrons. The summed E-state index contributed by atoms with van der Waals surface area (Å²) in [5.74, 6) is 0.497. The van der Waals surface area contributed by atoms with Crippen LogP contribution in [0.2, 0.25) is 0 Å². The number of aromatic nitrogens is 1. The second-order valence-electron chi connectivity index (χ2n) is 5.10. The lowest BCUT2D eigenvalue weighted by molar-refractivity contribution is -0.144. The van der Waals surface area contributed by atoms with E-state index in [0.717, 1.165) is 35.6 Å². The van der Waals surface area contributed by atoms with E-state index in [4.69, 9.17) is 22.7 Å². The van der Waals surface area contributed by atoms with E-state index in [1.807, 2.05) is 19.9 Å². The Morgan fingerprint density at radius 1 is 1.55 bits per heavy atom. The Kier molecular flexibility index (Phi) is 4.23. The molecule has 0 aromatic carbocycles. The lowest BCUT2D eigenvalue weighted by Crippen LogP contribution is -2.27. The van der Waals surface area contributed by atoms with Gasteiger partial charge in [-0.25, -0.2) is 4.98 Å². The summed E-state index contributed by atoms with van der Waals surface area (Å²) >= 11 is 5.14. The predicted octanol–water partition coefficient (Wildman–Crippen LogP) is 1.33. The van der Waals surface area contributed by atoms with Crippen LogP contribution in [-0.2, 0) is 9.53 Å². The number of ether oxygens (including phenoxy) is 1. The third kappa shape index (κ3) is 2.75. The zero-order valence-corrected chi connectivity index (χ0v) is 12.8. The Bertz CT molecular complexity index is 560. The Morgan fingerprint density at radius 2 is 2.25 bits per heavy atom. The second kappa shape index (κ2) is 5.75. The van der Waals surface area contributed by atoms with Crippen molar-refractivity contribution in [1.29, 1.82) is 0 Å². The van der Waals surface area contributed by atoms with Crippen LogP contribution in [0.1, 0.15) is 23.2 Å². The van der Waals surface area contributed by atoms with Gasteiger partial charge in [-0.3, -0.25) is 4.79 Å². The molecule has 0 spiro atoms. The molecule has 0 amide bonds. The monoisotopic (exact) mass is 293 g/mol. The highest BCUT2D eigenvalue weighted by atomic mass is 32.1. The van der Waals surface area contributed by atoms with Gasteiger partial charge >= 0.3 is 5.97 Å². The van der Waals surface area contributed by atoms with Crippen molar-refractivity contribution in [2.24, 2.45) is 11.7 Å². The van der Waals surface area contributed by atoms with Crippen molar-refractivity contribution in [2.75, 3.05) is 25.1 Å². The third-order valence-corrected chi connectivity index (χ3v) is 3.80. The van der Waals surface area contributed by atoms with E-state index in [0.29, 0.717) is 11.5 Å². The van der Waals surface area contributed by atoms with E-state index in [2.05, 4.69) is 9.88 Å². The number of pyridine rings is 1. The van der Waals surface area contributed by atoms with Crippen molar-refractivity contribution in [3.63, 3.8) is 0 Å². The van der Waals surface area contributed by atoms with Crippen LogP contribution in [0.5, 0.6) is 0 Å². The van der Waals surface area contributed by atoms with Gasteiger partial charge in [-0.15, -0.1) is 0 Å². The maximum Gasteiger partial charge on any atom is 0.310 e. The van der Waals surface area contributed by atoms with Crippen LogP contribution in [0.3, 0.4) is 0 Å². The molecule has 0 saturated carbocycles. The number of hydrogen-bond donors (Lipinski definition) is 1. The fourth-order valence-electron chi connectivity index (χ4n) is 2.66. The lowest BCUT2D eigenvalue weighted by atomic mass is 10.1. The van der Waals surface area contributed by atoms with Crippen LogP contribution >= 0.6 is 12.2 Å². The van der Waals surface area contributed by atoms with Crippen LogP contribution in [0.15, 0.2) is 6.07 Å². The summed E-state index contributed by atoms with van der Waals surface area (Å²) in [5.41, 5.74) is 8.56. The maximum absolute atomic E-state index is 11.6. The topological polar surface area (TPSA) is 68.5 Å². The lowest BCUT2D eigenvalue weighted by Gasteiger charge is -2.22. The van der Waals surface area contributed by atoms with Crippen LogP contribution in [0.25, 0.3) is 0 Å². The van der Waals surface area contributed by atoms with Gasteiger partial charge in [-0.1, -0.05) is 12.2 Å². The maximum atomic E-state index is 11.6. The minimum absolute atomic E-state index is 0.109. The molecular weight excluding hydrogens is 274 g/mol. The molecule has 2 N–H and O–H groups in total. The third-order valence-electron chi connectivity index (χ3n) is 3.59. The fraction of sp³-hybridized carbons (Fsp3) is 0.500. The molecule has 1 fully saturated rings. The summed E-state index contributed by atoms with van der Waals surface area (Å²) in [6, 6.07) is 1.96. The van der Waals surface area contributed by atoms with E-state index < -0.39 is 0 Å². The number of thiocarbonyl (C=S) groups is 1. The molecule has 1 atom stereocenters. The van der Waals surface area contributed by atoms with E-state index in [-0.39, 0.29) is 11.9 Å². The van der Waals surface area contributed by atoms with Crippen molar-refractivity contribution in [2.45, 2.75) is 20.3 Å². The molecule has 6 heteroatoms. The SMILES string of the molecule is COC(=O)C1CCN(c2nc(C)cc(C)c2C(N)=S)C1. The first kappa shape index (κ1) is 14.7. The number of nitrogens with two attached hydrogens (primary N) is 1. The average molecular weight is 293 g/mol. The first-order valence-corrected chi connectivity index (χ1v) is 6.95. The number of anilines is 1. The smallest absolute Gasteiger partial charge is 0.310 e. The largest absolute Gasteiger partial charge is 0.469 e. The summed E-state index contributed by atoms with van der Waals surface area (Å²) < 4.78 is 4.81. The Labute approximate surface area is 124 Å². The summed E-state index contributed by atoms with van der Waals surface area (Å²) in [6.07, 6.45) is 0.762. The molecule has 1 aromatic rings. The van der Waals surface area contributed by atoms with E-state index in [9.17, 15) is 4.79 Å². The minimum Gasteiger partial charge on any atom is -0.469 e. The van der Waals surface area contributed by atoms with Crippen molar-refractivity contribution in [1.82, 2.24) is 4.98 Å². The highest BCUT2D eigenvalue weighted by molar-refractivity contribution is 7.80. The van der Waals surface area contributed by atoms with Gasteiger partial charge in [0.1, 0.15) is 10.8 Å². The molecule has 0 bridgehead atoms. The number of nitrogens with zero attached hydrogens (tertiary/aromatic N) is 2. The van der Waals surface area contributed by atoms with Crippen molar-refractivity contribution in [3.05, 3.63) is 22.9 Å². The number of methoxy groups -OCH3 is 1. The molecule has 2 heterocycles. The van der Waals surface area contributed by atoms with Gasteiger partial charge in [0.05, 0.1) is 18.6 Å². The molecule has 0 aliphatic carbocycles. The first-order chi connectivity index (χ1) is 9.43. The molecule has 1 aliphatic heterocycles. The summed E-state index contributed by atoms with van der Waals surface area (Å²) in [6.45, 7) is 5.26. The Morgan fingerprint density at radius 3 is 2.85 bits per heavy atom. The number of aryl methyl sites for hydroxylation is 2. The standard InChI is InChI=1S/C14H19N3O2S/c1-8-6-9(2)16-13(11(8)12(15)20)17-5-4-10(7-17)14(18)19-3/h6,10H,4-5,7H2,1-3H3,(H2,15,20). The quantitative estimate of drug-likeness (QED) is 0.670. The summed E-state index contributed by atoms with van der Waals surface area (Å²) in [7, 11) is 1.42. The van der Waals surface area contributed by atoms with Gasteiger partial charge in [0.25, 0.3) is 0 Å². The fourth-order valence-corrected chi connectivity index (χ4v) is 2.91. The van der Waals surface area contributed by atoms with Gasteiger partial charge in [0.2, 0.25) is 0 Å². The van der Waals surface area contributed by atoms with E-state index in [1.54, 1.807) is 0 Å². The van der Waals surface area contributed by atoms with Gasteiger partial charge in [-0.05, 0) is 31.9 Å². The normalized spacial score (nSPS) is 18.1. The molecule has 20 heavy (non-hydrogen) atoms. The second-order valence-corrected chi connectivity index (χ2v) is 5.54. The van der Waals surface area contributed by atoms with Crippen molar-refractivity contribution < 1.29 is 9.53 Å². The number of carbonyl (C=O) groups is 1. The highest BCUT2D eigenvalue weighted by Gasteiger charge is 2.31. The van der Waals surface area contributed by atoms with Gasteiger partial charge < -0.3 is 15.4 Å². The molecule has 1 unspecified atom stereocenters. The number of esters is 1. The first-order valence-electron chi connectivity index (χ1n) is 6.55. The van der Waals surface area contributed by atoms with Crippen molar-refractivity contribution in [3.8, 4) is 0 Å². The molecular formula is C14H19N3O2S. The van der Waals surface area contributed by atoms with Gasteiger partial charge in [0.15, 0.2) is 0 Å². The van der Waals surface area contributed by atoms with Crippen molar-refractivity contribution >= 4 is 29.0 Å². The highest BCUT2D eigenvalue weighted by Crippen LogP contribution is 2.28. The Hall–Kier alpha value is -1.69. The molecule has 1 saturated heterocycles. The summed E-state index contributed by atoms with van der Waals surface area (Å²) in [4.78, 5) is 18.6. The molecule has 2 rings (SSSR count). The van der Waals surface area contributed by atoms with Gasteiger partial charge in [0, 0.05) is 18.8 Å². The van der Waals surface area contributed by atoms with E-state index in [1.165, 1.54) is 7.11 Å². The van der Waals surface area contributed by atoms with Gasteiger partial charge in [-0.2, -0.15) is 0 Å². The number of rotatable bonds is 3. The number of carbonyl (C=O) groups excluding carboxylic acids is 1. The zero-order valence-electron chi connectivity index (χ0n) is 12.0.